The van der Waals surface area contributed by atoms with E-state index in [4.69, 9.17) is 40.1 Å². The number of fused-ring (bicyclic) bond motifs is 1. The highest BCUT2D eigenvalue weighted by Crippen LogP contribution is 2.36. The number of alkyl halides is 3. The lowest BCUT2D eigenvalue weighted by molar-refractivity contribution is -0.140. The molecule has 1 heterocycles. The normalized spacial score (nSPS) is 18.1. The molecular weight excluding hydrogens is 543 g/mol. The van der Waals surface area contributed by atoms with Crippen LogP contribution in [0.2, 0.25) is 15.1 Å². The second-order valence-corrected chi connectivity index (χ2v) is 9.59. The first kappa shape index (κ1) is 26.3. The van der Waals surface area contributed by atoms with Crippen molar-refractivity contribution in [3.63, 3.8) is 0 Å². The first-order chi connectivity index (χ1) is 17.0. The molecule has 1 aliphatic rings. The number of hydrogen-bond acceptors (Lipinski definition) is 4. The highest BCUT2D eigenvalue weighted by atomic mass is 35.5. The lowest BCUT2D eigenvalue weighted by Crippen LogP contribution is -2.40. The Bertz CT molecular complexity index is 1380. The van der Waals surface area contributed by atoms with Gasteiger partial charge in [0.1, 0.15) is 17.6 Å². The molecule has 12 heteroatoms. The van der Waals surface area contributed by atoms with Crippen molar-refractivity contribution in [1.82, 2.24) is 10.3 Å². The molecule has 2 N–H and O–H groups in total. The van der Waals surface area contributed by atoms with E-state index < -0.39 is 28.6 Å². The summed E-state index contributed by atoms with van der Waals surface area (Å²) >= 11 is 17.9. The molecular formula is C24H17Cl3F4N4O. The molecule has 0 unspecified atom stereocenters. The van der Waals surface area contributed by atoms with Crippen LogP contribution in [0.25, 0.3) is 10.9 Å². The summed E-state index contributed by atoms with van der Waals surface area (Å²) in [6.07, 6.45) is -2.50. The fourth-order valence-corrected chi connectivity index (χ4v) is 4.88. The zero-order valence-electron chi connectivity index (χ0n) is 18.3. The van der Waals surface area contributed by atoms with Crippen molar-refractivity contribution in [2.75, 3.05) is 5.32 Å². The Morgan fingerprint density at radius 1 is 1.03 bits per heavy atom. The average Bonchev–Trinajstić information content (AvgIpc) is 2.82. The molecule has 1 aromatic heterocycles. The third-order valence-electron chi connectivity index (χ3n) is 6.00. The Labute approximate surface area is 218 Å². The van der Waals surface area contributed by atoms with Gasteiger partial charge in [-0.15, -0.1) is 0 Å². The Hall–Kier alpha value is -2.80. The number of halogens is 7. The predicted octanol–water partition coefficient (Wildman–Crippen LogP) is 7.38. The van der Waals surface area contributed by atoms with E-state index in [0.29, 0.717) is 36.1 Å². The quantitative estimate of drug-likeness (QED) is 0.258. The van der Waals surface area contributed by atoms with Crippen molar-refractivity contribution in [3.8, 4) is 6.07 Å². The molecule has 2 aromatic carbocycles. The van der Waals surface area contributed by atoms with Crippen molar-refractivity contribution in [3.05, 3.63) is 68.0 Å². The lowest BCUT2D eigenvalue weighted by Gasteiger charge is -2.31. The van der Waals surface area contributed by atoms with Crippen molar-refractivity contribution < 1.29 is 22.4 Å². The minimum absolute atomic E-state index is 0.162. The van der Waals surface area contributed by atoms with E-state index in [1.165, 1.54) is 12.1 Å². The first-order valence-electron chi connectivity index (χ1n) is 10.8. The van der Waals surface area contributed by atoms with E-state index in [1.807, 2.05) is 0 Å². The summed E-state index contributed by atoms with van der Waals surface area (Å²) in [7, 11) is 0. The molecule has 0 spiro atoms. The molecule has 0 atom stereocenters. The largest absolute Gasteiger partial charge is 0.433 e. The second-order valence-electron chi connectivity index (χ2n) is 8.40. The Kier molecular flexibility index (Phi) is 7.51. The summed E-state index contributed by atoms with van der Waals surface area (Å²) in [5.74, 6) is -1.58. The number of carbonyl (C=O) groups is 1. The summed E-state index contributed by atoms with van der Waals surface area (Å²) in [6.45, 7) is 0. The number of anilines is 1. The maximum Gasteiger partial charge on any atom is 0.433 e. The van der Waals surface area contributed by atoms with Crippen LogP contribution in [-0.4, -0.2) is 23.0 Å². The summed E-state index contributed by atoms with van der Waals surface area (Å²) in [5.41, 5.74) is -1.09. The van der Waals surface area contributed by atoms with Gasteiger partial charge in [0.05, 0.1) is 26.7 Å². The Balaban J connectivity index is 1.46. The summed E-state index contributed by atoms with van der Waals surface area (Å²) in [5, 5.41) is 15.3. The molecule has 0 aliphatic heterocycles. The second kappa shape index (κ2) is 10.3. The van der Waals surface area contributed by atoms with Crippen LogP contribution >= 0.6 is 34.8 Å². The molecule has 3 aromatic rings. The minimum Gasteiger partial charge on any atom is -0.382 e. The molecule has 4 rings (SSSR count). The zero-order valence-corrected chi connectivity index (χ0v) is 20.6. The van der Waals surface area contributed by atoms with Crippen molar-refractivity contribution in [1.29, 1.82) is 5.26 Å². The number of nitriles is 1. The van der Waals surface area contributed by atoms with Gasteiger partial charge in [-0.05, 0) is 56.0 Å². The number of nitrogens with one attached hydrogen (secondary N) is 2. The van der Waals surface area contributed by atoms with Gasteiger partial charge in [0, 0.05) is 28.2 Å². The van der Waals surface area contributed by atoms with Gasteiger partial charge in [-0.2, -0.15) is 18.4 Å². The smallest absolute Gasteiger partial charge is 0.382 e. The molecule has 0 bridgehead atoms. The Morgan fingerprint density at radius 3 is 2.33 bits per heavy atom. The van der Waals surface area contributed by atoms with Crippen LogP contribution in [0.3, 0.4) is 0 Å². The number of nitrogens with zero attached hydrogens (tertiary/aromatic N) is 2. The van der Waals surface area contributed by atoms with Crippen LogP contribution in [0, 0.1) is 17.1 Å². The van der Waals surface area contributed by atoms with Crippen molar-refractivity contribution in [2.24, 2.45) is 0 Å². The van der Waals surface area contributed by atoms with E-state index in [9.17, 15) is 22.4 Å². The Morgan fingerprint density at radius 2 is 1.69 bits per heavy atom. The number of pyridine rings is 1. The van der Waals surface area contributed by atoms with E-state index in [2.05, 4.69) is 15.6 Å². The van der Waals surface area contributed by atoms with Crippen LogP contribution < -0.4 is 10.6 Å². The monoisotopic (exact) mass is 558 g/mol. The highest BCUT2D eigenvalue weighted by Gasteiger charge is 2.34. The molecule has 5 nitrogen and oxygen atoms in total. The fraction of sp³-hybridized carbons (Fsp3) is 0.292. The van der Waals surface area contributed by atoms with Gasteiger partial charge >= 0.3 is 6.18 Å². The van der Waals surface area contributed by atoms with Crippen LogP contribution in [0.15, 0.2) is 30.3 Å². The maximum atomic E-state index is 14.0. The van der Waals surface area contributed by atoms with Gasteiger partial charge < -0.3 is 10.6 Å². The van der Waals surface area contributed by atoms with E-state index in [-0.39, 0.29) is 39.4 Å². The number of benzene rings is 2. The zero-order chi connectivity index (χ0) is 26.2. The van der Waals surface area contributed by atoms with E-state index in [0.717, 1.165) is 12.1 Å². The van der Waals surface area contributed by atoms with Gasteiger partial charge in [-0.25, -0.2) is 9.37 Å². The van der Waals surface area contributed by atoms with E-state index in [1.54, 1.807) is 12.1 Å². The third-order valence-corrected chi connectivity index (χ3v) is 6.99. The molecule has 0 radical (unpaired) electrons. The molecule has 1 fully saturated rings. The molecule has 36 heavy (non-hydrogen) atoms. The highest BCUT2D eigenvalue weighted by molar-refractivity contribution is 6.38. The molecule has 188 valence electrons. The molecule has 1 aliphatic carbocycles. The van der Waals surface area contributed by atoms with Crippen LogP contribution in [0.4, 0.5) is 23.2 Å². The maximum absolute atomic E-state index is 14.0. The summed E-state index contributed by atoms with van der Waals surface area (Å²) < 4.78 is 54.2. The van der Waals surface area contributed by atoms with E-state index >= 15 is 0 Å². The average molecular weight is 560 g/mol. The SMILES string of the molecule is N#Cc1c(Cl)c(F)cc(C(=O)NC2CCC(Nc3cc(C(F)(F)F)nc4ccc(Cl)cc34)CC2)c1Cl. The molecule has 1 amide bonds. The van der Waals surface area contributed by atoms with Crippen LogP contribution in [0.5, 0.6) is 0 Å². The van der Waals surface area contributed by atoms with Crippen LogP contribution in [0.1, 0.15) is 47.3 Å². The molecule has 1 saturated carbocycles. The van der Waals surface area contributed by atoms with Gasteiger partial charge in [0.15, 0.2) is 0 Å². The number of amides is 1. The van der Waals surface area contributed by atoms with Crippen molar-refractivity contribution in [2.45, 2.75) is 43.9 Å². The third kappa shape index (κ3) is 5.46. The number of aromatic nitrogens is 1. The number of hydrogen-bond donors (Lipinski definition) is 2. The number of carbonyl (C=O) groups excluding carboxylic acids is 1. The van der Waals surface area contributed by atoms with Crippen LogP contribution in [-0.2, 0) is 6.18 Å². The lowest BCUT2D eigenvalue weighted by atomic mass is 9.90. The van der Waals surface area contributed by atoms with Gasteiger partial charge in [0.2, 0.25) is 0 Å². The topological polar surface area (TPSA) is 77.8 Å². The van der Waals surface area contributed by atoms with Gasteiger partial charge in [-0.3, -0.25) is 4.79 Å². The first-order valence-corrected chi connectivity index (χ1v) is 11.9. The molecule has 0 saturated heterocycles. The summed E-state index contributed by atoms with van der Waals surface area (Å²) in [6, 6.07) is 7.58. The standard InChI is InChI=1S/C24H17Cl3F4N4O/c25-11-1-6-18-14(7-11)19(9-20(35-18)24(29,30)31)33-12-2-4-13(5-3-12)34-23(36)15-8-17(28)22(27)16(10-32)21(15)26/h1,6-9,12-13H,2-5H2,(H,33,35)(H,34,36). The minimum atomic E-state index is -4.61. The number of rotatable bonds is 4. The fourth-order valence-electron chi connectivity index (χ4n) is 4.20. The van der Waals surface area contributed by atoms with Crippen molar-refractivity contribution >= 4 is 57.3 Å². The summed E-state index contributed by atoms with van der Waals surface area (Å²) in [4.78, 5) is 16.4. The van der Waals surface area contributed by atoms with Gasteiger partial charge in [0.25, 0.3) is 5.91 Å². The predicted molar refractivity (Wildman–Crippen MR) is 130 cm³/mol. The van der Waals surface area contributed by atoms with Gasteiger partial charge in [-0.1, -0.05) is 34.8 Å².